The van der Waals surface area contributed by atoms with Crippen LogP contribution in [0.4, 0.5) is 0 Å². The Morgan fingerprint density at radius 3 is 2.05 bits per heavy atom. The van der Waals surface area contributed by atoms with Gasteiger partial charge in [-0.15, -0.1) is 5.10 Å². The molecule has 2 aliphatic rings. The first-order chi connectivity index (χ1) is 32.4. The first kappa shape index (κ1) is 41.4. The molecule has 9 aromatic rings. The highest BCUT2D eigenvalue weighted by Gasteiger charge is 2.46. The highest BCUT2D eigenvalue weighted by molar-refractivity contribution is 5.81. The minimum absolute atomic E-state index is 0.0300. The van der Waals surface area contributed by atoms with Gasteiger partial charge in [-0.2, -0.15) is 5.06 Å². The number of hydroxylamine groups is 2. The molecule has 0 radical (unpaired) electrons. The number of benzene rings is 7. The molecular formula is C57H51N7O2. The molecule has 4 heterocycles. The lowest BCUT2D eigenvalue weighted by Crippen LogP contribution is -2.39. The molecule has 11 rings (SSSR count). The standard InChI is InChI=1S/C57H51N7O2/c1-3-4-28-53-58-51-34-33-46(56(2)38-52-48-26-15-14-18-41(48)35-36-63(52)66-56)37-50(51)55(65)62(53)39-40-29-31-42(32-30-40)47-25-16-17-27-49(47)54-59-60-61-64(54)57(43-19-8-5-9-20-43,44-21-10-6-11-22-44)45-23-12-7-13-24-45/h5-27,29-34,37,52H,3-4,28,35-36,38-39H2,1-2H3/t52-,56-/m1/s1. The number of aryl methyl sites for hydroxylation is 1. The number of hydrogen-bond donors (Lipinski definition) is 0. The molecule has 2 aliphatic heterocycles. The summed E-state index contributed by atoms with van der Waals surface area (Å²) in [4.78, 5) is 26.6. The Morgan fingerprint density at radius 1 is 0.727 bits per heavy atom. The van der Waals surface area contributed by atoms with Crippen molar-refractivity contribution < 1.29 is 4.84 Å². The predicted octanol–water partition coefficient (Wildman–Crippen LogP) is 11.1. The average molecular weight is 866 g/mol. The SMILES string of the molecule is CCCCc1nc2ccc([C@@]3(C)C[C@@H]4c5ccccc5CCN4O3)cc2c(=O)n1Cc1ccc(-c2ccccc2-c2nnnn2C(c2ccccc2)(c2ccccc2)c2ccccc2)cc1. The molecule has 0 amide bonds. The third-order valence-electron chi connectivity index (χ3n) is 13.8. The van der Waals surface area contributed by atoms with E-state index in [2.05, 4.69) is 170 Å². The number of tetrazole rings is 1. The van der Waals surface area contributed by atoms with Crippen molar-refractivity contribution in [3.63, 3.8) is 0 Å². The summed E-state index contributed by atoms with van der Waals surface area (Å²) in [5.41, 5.74) is 9.98. The van der Waals surface area contributed by atoms with E-state index in [1.807, 2.05) is 45.6 Å². The molecule has 1 saturated heterocycles. The van der Waals surface area contributed by atoms with E-state index in [4.69, 9.17) is 20.1 Å². The van der Waals surface area contributed by atoms with E-state index in [0.29, 0.717) is 17.8 Å². The van der Waals surface area contributed by atoms with E-state index in [1.54, 1.807) is 0 Å². The van der Waals surface area contributed by atoms with Gasteiger partial charge in [0.1, 0.15) is 17.0 Å². The van der Waals surface area contributed by atoms with Crippen molar-refractivity contribution in [3.05, 3.63) is 237 Å². The Hall–Kier alpha value is -7.33. The topological polar surface area (TPSA) is 91.0 Å². The Labute approximate surface area is 385 Å². The maximum atomic E-state index is 14.7. The molecule has 0 saturated carbocycles. The Kier molecular flexibility index (Phi) is 10.8. The summed E-state index contributed by atoms with van der Waals surface area (Å²) in [7, 11) is 0. The minimum Gasteiger partial charge on any atom is -0.292 e. The normalized spacial score (nSPS) is 17.2. The number of nitrogens with zero attached hydrogens (tertiary/aromatic N) is 7. The first-order valence-electron chi connectivity index (χ1n) is 23.2. The van der Waals surface area contributed by atoms with Gasteiger partial charge in [0.05, 0.1) is 23.5 Å². The Morgan fingerprint density at radius 2 is 1.36 bits per heavy atom. The largest absolute Gasteiger partial charge is 0.292 e. The predicted molar refractivity (Wildman–Crippen MR) is 260 cm³/mol. The van der Waals surface area contributed by atoms with Crippen LogP contribution in [0.5, 0.6) is 0 Å². The summed E-state index contributed by atoms with van der Waals surface area (Å²) in [5, 5.41) is 16.7. The molecule has 0 unspecified atom stereocenters. The van der Waals surface area contributed by atoms with Crippen LogP contribution >= 0.6 is 0 Å². The van der Waals surface area contributed by atoms with Crippen molar-refractivity contribution in [1.82, 2.24) is 34.8 Å². The molecule has 9 nitrogen and oxygen atoms in total. The Bertz CT molecular complexity index is 3130. The van der Waals surface area contributed by atoms with Gasteiger partial charge in [-0.1, -0.05) is 183 Å². The maximum absolute atomic E-state index is 14.7. The van der Waals surface area contributed by atoms with Gasteiger partial charge in [-0.25, -0.2) is 9.67 Å². The lowest BCUT2D eigenvalue weighted by Gasteiger charge is -2.36. The number of hydrogen-bond acceptors (Lipinski definition) is 7. The number of fused-ring (bicyclic) bond motifs is 4. The summed E-state index contributed by atoms with van der Waals surface area (Å²) >= 11 is 0. The zero-order valence-corrected chi connectivity index (χ0v) is 37.3. The maximum Gasteiger partial charge on any atom is 0.261 e. The van der Waals surface area contributed by atoms with Crippen molar-refractivity contribution in [2.45, 2.75) is 69.7 Å². The molecule has 0 N–H and O–H groups in total. The van der Waals surface area contributed by atoms with Crippen LogP contribution in [0.3, 0.4) is 0 Å². The van der Waals surface area contributed by atoms with Gasteiger partial charge in [-0.3, -0.25) is 14.2 Å². The van der Waals surface area contributed by atoms with E-state index < -0.39 is 11.1 Å². The van der Waals surface area contributed by atoms with Crippen LogP contribution in [-0.4, -0.2) is 41.4 Å². The van der Waals surface area contributed by atoms with E-state index >= 15 is 0 Å². The zero-order valence-electron chi connectivity index (χ0n) is 37.3. The van der Waals surface area contributed by atoms with Gasteiger partial charge in [0.15, 0.2) is 5.82 Å². The second-order valence-corrected chi connectivity index (χ2v) is 17.9. The van der Waals surface area contributed by atoms with Crippen molar-refractivity contribution in [2.75, 3.05) is 6.54 Å². The van der Waals surface area contributed by atoms with Crippen LogP contribution in [0.15, 0.2) is 187 Å². The average Bonchev–Trinajstić information content (AvgIpc) is 4.01. The number of aromatic nitrogens is 6. The van der Waals surface area contributed by atoms with Crippen molar-refractivity contribution >= 4 is 10.9 Å². The smallest absolute Gasteiger partial charge is 0.261 e. The van der Waals surface area contributed by atoms with E-state index in [1.165, 1.54) is 11.1 Å². The minimum atomic E-state index is -0.888. The fourth-order valence-corrected chi connectivity index (χ4v) is 10.5. The quantitative estimate of drug-likeness (QED) is 0.113. The van der Waals surface area contributed by atoms with Crippen LogP contribution in [-0.2, 0) is 35.4 Å². The second-order valence-electron chi connectivity index (χ2n) is 17.9. The monoisotopic (exact) mass is 865 g/mol. The molecule has 0 bridgehead atoms. The van der Waals surface area contributed by atoms with Gasteiger partial charge in [0.2, 0.25) is 0 Å². The van der Waals surface area contributed by atoms with E-state index in [0.717, 1.165) is 94.5 Å². The highest BCUT2D eigenvalue weighted by atomic mass is 16.7. The van der Waals surface area contributed by atoms with Crippen LogP contribution < -0.4 is 5.56 Å². The summed E-state index contributed by atoms with van der Waals surface area (Å²) in [6, 6.07) is 63.2. The van der Waals surface area contributed by atoms with Gasteiger partial charge in [-0.05, 0) is 92.4 Å². The molecule has 2 aromatic heterocycles. The second kappa shape index (κ2) is 17.2. The van der Waals surface area contributed by atoms with Gasteiger partial charge < -0.3 is 0 Å². The summed E-state index contributed by atoms with van der Waals surface area (Å²) in [6.45, 7) is 5.58. The first-order valence-corrected chi connectivity index (χ1v) is 23.2. The van der Waals surface area contributed by atoms with Crippen molar-refractivity contribution in [3.8, 4) is 22.5 Å². The lowest BCUT2D eigenvalue weighted by atomic mass is 9.77. The molecule has 326 valence electrons. The lowest BCUT2D eigenvalue weighted by molar-refractivity contribution is -0.206. The van der Waals surface area contributed by atoms with Gasteiger partial charge in [0.25, 0.3) is 5.56 Å². The molecule has 66 heavy (non-hydrogen) atoms. The number of unbranched alkanes of at least 4 members (excludes halogenated alkanes) is 1. The molecule has 0 aliphatic carbocycles. The fraction of sp³-hybridized carbons (Fsp3) is 0.211. The summed E-state index contributed by atoms with van der Waals surface area (Å²) in [6.07, 6.45) is 4.43. The third kappa shape index (κ3) is 7.16. The molecule has 9 heteroatoms. The molecule has 7 aromatic carbocycles. The van der Waals surface area contributed by atoms with Crippen molar-refractivity contribution in [1.29, 1.82) is 0 Å². The molecule has 2 atom stereocenters. The fourth-order valence-electron chi connectivity index (χ4n) is 10.5. The van der Waals surface area contributed by atoms with E-state index in [9.17, 15) is 4.79 Å². The summed E-state index contributed by atoms with van der Waals surface area (Å²) in [5.74, 6) is 1.44. The van der Waals surface area contributed by atoms with Crippen LogP contribution in [0, 0.1) is 0 Å². The highest BCUT2D eigenvalue weighted by Crippen LogP contribution is 2.49. The molecular weight excluding hydrogens is 815 g/mol. The summed E-state index contributed by atoms with van der Waals surface area (Å²) < 4.78 is 3.86. The molecule has 1 fully saturated rings. The van der Waals surface area contributed by atoms with Crippen LogP contribution in [0.1, 0.15) is 83.9 Å². The van der Waals surface area contributed by atoms with Crippen LogP contribution in [0.25, 0.3) is 33.4 Å². The van der Waals surface area contributed by atoms with Crippen molar-refractivity contribution in [2.24, 2.45) is 0 Å². The molecule has 0 spiro atoms. The third-order valence-corrected chi connectivity index (χ3v) is 13.8. The number of rotatable bonds is 12. The van der Waals surface area contributed by atoms with Crippen LogP contribution in [0.2, 0.25) is 0 Å². The zero-order chi connectivity index (χ0) is 44.7. The van der Waals surface area contributed by atoms with E-state index in [-0.39, 0.29) is 11.6 Å². The van der Waals surface area contributed by atoms with Gasteiger partial charge in [0, 0.05) is 24.9 Å². The van der Waals surface area contributed by atoms with Gasteiger partial charge >= 0.3 is 0 Å². The Balaban J connectivity index is 0.948.